The minimum absolute atomic E-state index is 0.0254. The van der Waals surface area contributed by atoms with E-state index in [2.05, 4.69) is 0 Å². The molecule has 2 nitrogen and oxygen atoms in total. The standard InChI is InChI=1S/C10H12Cl2O2S/c1-14-4-5-15-10(13)8-3-2-7(11)6-9(8)12/h6H,2-5H2,1H3. The van der Waals surface area contributed by atoms with E-state index in [9.17, 15) is 4.79 Å². The zero-order valence-corrected chi connectivity index (χ0v) is 10.7. The average molecular weight is 267 g/mol. The number of halogens is 2. The summed E-state index contributed by atoms with van der Waals surface area (Å²) in [6.45, 7) is 0.567. The monoisotopic (exact) mass is 266 g/mol. The van der Waals surface area contributed by atoms with E-state index >= 15 is 0 Å². The maximum absolute atomic E-state index is 11.7. The molecule has 0 aliphatic heterocycles. The molecule has 0 bridgehead atoms. The second kappa shape index (κ2) is 6.59. The predicted molar refractivity (Wildman–Crippen MR) is 65.4 cm³/mol. The van der Waals surface area contributed by atoms with Crippen molar-refractivity contribution in [3.8, 4) is 0 Å². The van der Waals surface area contributed by atoms with Crippen LogP contribution in [-0.4, -0.2) is 24.6 Å². The summed E-state index contributed by atoms with van der Waals surface area (Å²) in [7, 11) is 1.61. The number of allylic oxidation sites excluding steroid dienone is 3. The van der Waals surface area contributed by atoms with Crippen LogP contribution in [0.2, 0.25) is 0 Å². The van der Waals surface area contributed by atoms with E-state index in [1.165, 1.54) is 11.8 Å². The van der Waals surface area contributed by atoms with Gasteiger partial charge in [-0.05, 0) is 18.9 Å². The molecule has 0 unspecified atom stereocenters. The quantitative estimate of drug-likeness (QED) is 0.731. The van der Waals surface area contributed by atoms with Crippen molar-refractivity contribution in [2.24, 2.45) is 0 Å². The molecule has 84 valence electrons. The van der Waals surface area contributed by atoms with Gasteiger partial charge in [0.15, 0.2) is 0 Å². The predicted octanol–water partition coefficient (Wildman–Crippen LogP) is 3.30. The van der Waals surface area contributed by atoms with Gasteiger partial charge in [-0.25, -0.2) is 0 Å². The van der Waals surface area contributed by atoms with Crippen LogP contribution in [0.15, 0.2) is 21.7 Å². The van der Waals surface area contributed by atoms with Crippen LogP contribution >= 0.6 is 35.0 Å². The molecule has 0 radical (unpaired) electrons. The lowest BCUT2D eigenvalue weighted by Gasteiger charge is -2.12. The molecular weight excluding hydrogens is 255 g/mol. The van der Waals surface area contributed by atoms with Crippen LogP contribution in [0.25, 0.3) is 0 Å². The number of carbonyl (C=O) groups excluding carboxylic acids is 1. The van der Waals surface area contributed by atoms with E-state index in [-0.39, 0.29) is 5.12 Å². The van der Waals surface area contributed by atoms with Crippen molar-refractivity contribution in [2.45, 2.75) is 12.8 Å². The van der Waals surface area contributed by atoms with Gasteiger partial charge in [0.2, 0.25) is 5.12 Å². The van der Waals surface area contributed by atoms with Crippen LogP contribution in [-0.2, 0) is 9.53 Å². The fourth-order valence-corrected chi connectivity index (χ4v) is 2.61. The maximum Gasteiger partial charge on any atom is 0.216 e. The number of carbonyl (C=O) groups is 1. The first kappa shape index (κ1) is 13.1. The third-order valence-corrected chi connectivity index (χ3v) is 3.47. The SMILES string of the molecule is COCCSC(=O)C1=C(Cl)C=C(Cl)CC1. The summed E-state index contributed by atoms with van der Waals surface area (Å²) in [5.41, 5.74) is 0.669. The van der Waals surface area contributed by atoms with Gasteiger partial charge < -0.3 is 4.74 Å². The van der Waals surface area contributed by atoms with Crippen molar-refractivity contribution in [3.05, 3.63) is 21.7 Å². The number of ether oxygens (including phenoxy) is 1. The molecule has 0 N–H and O–H groups in total. The van der Waals surface area contributed by atoms with E-state index in [1.54, 1.807) is 13.2 Å². The minimum atomic E-state index is 0.0254. The number of thioether (sulfide) groups is 1. The zero-order chi connectivity index (χ0) is 11.3. The number of hydrogen-bond donors (Lipinski definition) is 0. The second-order valence-corrected chi connectivity index (χ2v) is 5.01. The molecule has 0 aromatic carbocycles. The van der Waals surface area contributed by atoms with Crippen molar-refractivity contribution >= 4 is 40.1 Å². The highest BCUT2D eigenvalue weighted by Crippen LogP contribution is 2.31. The maximum atomic E-state index is 11.7. The molecule has 0 amide bonds. The van der Waals surface area contributed by atoms with Gasteiger partial charge in [0.05, 0.1) is 6.61 Å². The minimum Gasteiger partial charge on any atom is -0.384 e. The molecule has 5 heteroatoms. The van der Waals surface area contributed by atoms with Gasteiger partial charge >= 0.3 is 0 Å². The molecule has 0 aromatic rings. The van der Waals surface area contributed by atoms with Gasteiger partial charge in [-0.15, -0.1) is 0 Å². The van der Waals surface area contributed by atoms with Gasteiger partial charge in [0.25, 0.3) is 0 Å². The highest BCUT2D eigenvalue weighted by Gasteiger charge is 2.17. The van der Waals surface area contributed by atoms with Crippen LogP contribution in [0, 0.1) is 0 Å². The highest BCUT2D eigenvalue weighted by molar-refractivity contribution is 8.14. The molecule has 0 heterocycles. The molecule has 0 spiro atoms. The normalized spacial score (nSPS) is 16.6. The largest absolute Gasteiger partial charge is 0.384 e. The average Bonchev–Trinajstić information content (AvgIpc) is 2.17. The molecule has 0 saturated carbocycles. The summed E-state index contributed by atoms with van der Waals surface area (Å²) in [5, 5.41) is 1.21. The summed E-state index contributed by atoms with van der Waals surface area (Å²) in [6, 6.07) is 0. The van der Waals surface area contributed by atoms with E-state index in [0.717, 1.165) is 0 Å². The molecule has 0 saturated heterocycles. The third kappa shape index (κ3) is 4.19. The Labute approximate surface area is 104 Å². The van der Waals surface area contributed by atoms with Gasteiger partial charge in [0.1, 0.15) is 0 Å². The molecule has 0 atom stereocenters. The van der Waals surface area contributed by atoms with E-state index in [0.29, 0.717) is 40.8 Å². The lowest BCUT2D eigenvalue weighted by molar-refractivity contribution is -0.108. The molecular formula is C10H12Cl2O2S. The van der Waals surface area contributed by atoms with E-state index in [4.69, 9.17) is 27.9 Å². The Morgan fingerprint density at radius 1 is 1.53 bits per heavy atom. The first-order valence-corrected chi connectivity index (χ1v) is 6.30. The molecule has 1 aliphatic rings. The Bertz CT molecular complexity index is 311. The molecule has 1 aliphatic carbocycles. The van der Waals surface area contributed by atoms with E-state index in [1.807, 2.05) is 0 Å². The summed E-state index contributed by atoms with van der Waals surface area (Å²) >= 11 is 13.0. The van der Waals surface area contributed by atoms with Gasteiger partial charge in [-0.1, -0.05) is 35.0 Å². The zero-order valence-electron chi connectivity index (χ0n) is 8.39. The van der Waals surface area contributed by atoms with Crippen LogP contribution in [0.3, 0.4) is 0 Å². The first-order chi connectivity index (χ1) is 7.15. The number of rotatable bonds is 4. The molecule has 1 rings (SSSR count). The lowest BCUT2D eigenvalue weighted by Crippen LogP contribution is -2.05. The van der Waals surface area contributed by atoms with Crippen LogP contribution in [0.1, 0.15) is 12.8 Å². The summed E-state index contributed by atoms with van der Waals surface area (Å²) in [6.07, 6.45) is 2.98. The van der Waals surface area contributed by atoms with Crippen molar-refractivity contribution in [1.29, 1.82) is 0 Å². The topological polar surface area (TPSA) is 26.3 Å². The van der Waals surface area contributed by atoms with Gasteiger partial charge in [0, 0.05) is 28.5 Å². The Kier molecular flexibility index (Phi) is 5.75. The summed E-state index contributed by atoms with van der Waals surface area (Å²) in [4.78, 5) is 11.7. The third-order valence-electron chi connectivity index (χ3n) is 1.95. The highest BCUT2D eigenvalue weighted by atomic mass is 35.5. The molecule has 15 heavy (non-hydrogen) atoms. The van der Waals surface area contributed by atoms with Crippen molar-refractivity contribution < 1.29 is 9.53 Å². The molecule has 0 aromatic heterocycles. The Hall–Kier alpha value is 0.0400. The molecule has 0 fully saturated rings. The lowest BCUT2D eigenvalue weighted by atomic mass is 10.1. The van der Waals surface area contributed by atoms with Crippen LogP contribution in [0.4, 0.5) is 0 Å². The van der Waals surface area contributed by atoms with Gasteiger partial charge in [-0.2, -0.15) is 0 Å². The number of hydrogen-bond acceptors (Lipinski definition) is 3. The number of methoxy groups -OCH3 is 1. The smallest absolute Gasteiger partial charge is 0.216 e. The van der Waals surface area contributed by atoms with Gasteiger partial charge in [-0.3, -0.25) is 4.79 Å². The fourth-order valence-electron chi connectivity index (χ4n) is 1.16. The Morgan fingerprint density at radius 3 is 2.87 bits per heavy atom. The summed E-state index contributed by atoms with van der Waals surface area (Å²) < 4.78 is 4.87. The van der Waals surface area contributed by atoms with E-state index < -0.39 is 0 Å². The second-order valence-electron chi connectivity index (χ2n) is 3.05. The Balaban J connectivity index is 2.56. The van der Waals surface area contributed by atoms with Crippen LogP contribution < -0.4 is 0 Å². The fraction of sp³-hybridized carbons (Fsp3) is 0.500. The summed E-state index contributed by atoms with van der Waals surface area (Å²) in [5.74, 6) is 0.653. The first-order valence-electron chi connectivity index (χ1n) is 4.56. The Morgan fingerprint density at radius 2 is 2.27 bits per heavy atom. The van der Waals surface area contributed by atoms with Crippen molar-refractivity contribution in [3.63, 3.8) is 0 Å². The van der Waals surface area contributed by atoms with Crippen molar-refractivity contribution in [1.82, 2.24) is 0 Å². The van der Waals surface area contributed by atoms with Crippen LogP contribution in [0.5, 0.6) is 0 Å². The van der Waals surface area contributed by atoms with Crippen molar-refractivity contribution in [2.75, 3.05) is 19.5 Å².